The molecule has 21 heavy (non-hydrogen) atoms. The largest absolute Gasteiger partial charge is 0.377 e. The Morgan fingerprint density at radius 3 is 2.62 bits per heavy atom. The van der Waals surface area contributed by atoms with E-state index in [4.69, 9.17) is 16.7 Å². The van der Waals surface area contributed by atoms with Crippen molar-refractivity contribution in [3.8, 4) is 0 Å². The van der Waals surface area contributed by atoms with Crippen molar-refractivity contribution < 1.29 is 9.90 Å². The molecule has 2 unspecified atom stereocenters. The van der Waals surface area contributed by atoms with Crippen molar-refractivity contribution in [3.63, 3.8) is 0 Å². The van der Waals surface area contributed by atoms with Crippen LogP contribution in [0, 0.1) is 17.8 Å². The molecule has 0 aromatic rings. The second kappa shape index (κ2) is 6.43. The number of carbonyl (C=O) groups excluding carboxylic acids is 1. The van der Waals surface area contributed by atoms with Crippen LogP contribution in [0.4, 0.5) is 0 Å². The van der Waals surface area contributed by atoms with E-state index >= 15 is 0 Å². The van der Waals surface area contributed by atoms with Crippen LogP contribution < -0.4 is 5.32 Å². The van der Waals surface area contributed by atoms with Gasteiger partial charge in [-0.1, -0.05) is 0 Å². The third-order valence-electron chi connectivity index (χ3n) is 6.18. The maximum absolute atomic E-state index is 12.5. The van der Waals surface area contributed by atoms with Crippen molar-refractivity contribution in [3.05, 3.63) is 0 Å². The van der Waals surface area contributed by atoms with Crippen LogP contribution in [0.2, 0.25) is 0 Å². The predicted octanol–water partition coefficient (Wildman–Crippen LogP) is 1.95. The average molecular weight is 315 g/mol. The van der Waals surface area contributed by atoms with Crippen LogP contribution in [0.3, 0.4) is 0 Å². The van der Waals surface area contributed by atoms with Gasteiger partial charge in [0.05, 0.1) is 5.92 Å². The van der Waals surface area contributed by atoms with E-state index in [2.05, 4.69) is 17.3 Å². The quantitative estimate of drug-likeness (QED) is 0.618. The van der Waals surface area contributed by atoms with Crippen LogP contribution in [-0.4, -0.2) is 47.2 Å². The summed E-state index contributed by atoms with van der Waals surface area (Å²) in [7, 11) is 2.16. The van der Waals surface area contributed by atoms with Gasteiger partial charge in [0, 0.05) is 17.5 Å². The molecule has 2 heterocycles. The number of hydrogen-bond acceptors (Lipinski definition) is 3. The second-order valence-corrected chi connectivity index (χ2v) is 7.72. The van der Waals surface area contributed by atoms with E-state index in [0.717, 1.165) is 38.5 Å². The Morgan fingerprint density at radius 1 is 1.24 bits per heavy atom. The van der Waals surface area contributed by atoms with Crippen molar-refractivity contribution >= 4 is 17.5 Å². The number of aliphatic hydroxyl groups excluding tert-OH is 1. The summed E-state index contributed by atoms with van der Waals surface area (Å²) in [6.45, 7) is -0.254. The van der Waals surface area contributed by atoms with Gasteiger partial charge in [-0.25, -0.2) is 0 Å². The molecule has 120 valence electrons. The van der Waals surface area contributed by atoms with E-state index in [0.29, 0.717) is 29.3 Å². The zero-order valence-corrected chi connectivity index (χ0v) is 13.6. The summed E-state index contributed by atoms with van der Waals surface area (Å²) in [5.41, 5.74) is 0. The average Bonchev–Trinajstić information content (AvgIpc) is 2.72. The van der Waals surface area contributed by atoms with E-state index in [9.17, 15) is 4.79 Å². The minimum absolute atomic E-state index is 0.0396. The fourth-order valence-electron chi connectivity index (χ4n) is 5.06. The molecule has 0 aromatic carbocycles. The molecule has 3 fully saturated rings. The molecular weight excluding hydrogens is 288 g/mol. The zero-order chi connectivity index (χ0) is 15.0. The first-order valence-electron chi connectivity index (χ1n) is 8.36. The molecule has 2 aliphatic heterocycles. The number of rotatable bonds is 3. The molecule has 1 amide bonds. The van der Waals surface area contributed by atoms with Crippen LogP contribution in [0.1, 0.15) is 44.9 Å². The molecule has 2 bridgehead atoms. The molecular formula is C16H27ClN2O2. The molecule has 4 atom stereocenters. The smallest absolute Gasteiger partial charge is 0.226 e. The number of nitrogens with one attached hydrogen (secondary N) is 1. The lowest BCUT2D eigenvalue weighted by Crippen LogP contribution is -2.54. The van der Waals surface area contributed by atoms with Crippen LogP contribution >= 0.6 is 11.6 Å². The Kier molecular flexibility index (Phi) is 4.77. The van der Waals surface area contributed by atoms with Crippen molar-refractivity contribution in [2.75, 3.05) is 13.8 Å². The highest BCUT2D eigenvalue weighted by Crippen LogP contribution is 2.48. The number of halogens is 1. The summed E-state index contributed by atoms with van der Waals surface area (Å²) in [4.78, 5) is 14.9. The van der Waals surface area contributed by atoms with Crippen molar-refractivity contribution in [1.29, 1.82) is 0 Å². The van der Waals surface area contributed by atoms with Gasteiger partial charge in [0.1, 0.15) is 6.73 Å². The first-order valence-corrected chi connectivity index (χ1v) is 8.80. The van der Waals surface area contributed by atoms with E-state index in [1.54, 1.807) is 0 Å². The fourth-order valence-corrected chi connectivity index (χ4v) is 5.31. The number of fused-ring (bicyclic) bond motifs is 2. The van der Waals surface area contributed by atoms with Crippen LogP contribution in [0.5, 0.6) is 0 Å². The molecule has 0 aromatic heterocycles. The highest BCUT2D eigenvalue weighted by Gasteiger charge is 2.50. The normalized spacial score (nSPS) is 43.8. The highest BCUT2D eigenvalue weighted by molar-refractivity contribution is 6.20. The first kappa shape index (κ1) is 15.6. The van der Waals surface area contributed by atoms with E-state index in [1.807, 2.05) is 0 Å². The van der Waals surface area contributed by atoms with E-state index < -0.39 is 0 Å². The van der Waals surface area contributed by atoms with E-state index in [1.165, 1.54) is 6.42 Å². The van der Waals surface area contributed by atoms with Crippen molar-refractivity contribution in [1.82, 2.24) is 10.2 Å². The maximum Gasteiger partial charge on any atom is 0.226 e. The first-order chi connectivity index (χ1) is 10.1. The number of carbonyl (C=O) groups is 1. The number of hydrogen-bond donors (Lipinski definition) is 2. The van der Waals surface area contributed by atoms with Gasteiger partial charge in [0.2, 0.25) is 5.91 Å². The molecule has 1 aliphatic carbocycles. The summed E-state index contributed by atoms with van der Waals surface area (Å²) in [6, 6.07) is 1.00. The summed E-state index contributed by atoms with van der Waals surface area (Å²) in [6.07, 6.45) is 7.95. The Morgan fingerprint density at radius 2 is 1.95 bits per heavy atom. The second-order valence-electron chi connectivity index (χ2n) is 7.10. The maximum atomic E-state index is 12.5. The standard InChI is InChI=1S/C16H27ClN2O2/c1-19-12-6-7-14(19)15(16(21)18-9-20)13(8-12)10-2-4-11(17)5-3-10/h10-15,20H,2-9H2,1H3,(H,18,21)/t10?,11?,12-,13-,14?,15?/m1/s1. The summed E-state index contributed by atoms with van der Waals surface area (Å²) >= 11 is 6.24. The van der Waals surface area contributed by atoms with Crippen molar-refractivity contribution in [2.24, 2.45) is 17.8 Å². The van der Waals surface area contributed by atoms with Gasteiger partial charge in [-0.2, -0.15) is 0 Å². The molecule has 1 saturated carbocycles. The van der Waals surface area contributed by atoms with Gasteiger partial charge in [0.25, 0.3) is 0 Å². The Balaban J connectivity index is 1.78. The number of piperidine rings is 1. The molecule has 3 aliphatic rings. The molecule has 5 heteroatoms. The minimum atomic E-state index is -0.254. The molecule has 2 saturated heterocycles. The lowest BCUT2D eigenvalue weighted by atomic mass is 9.68. The number of aliphatic hydroxyl groups is 1. The summed E-state index contributed by atoms with van der Waals surface area (Å²) in [5, 5.41) is 12.1. The third kappa shape index (κ3) is 2.95. The third-order valence-corrected chi connectivity index (χ3v) is 6.61. The Bertz CT molecular complexity index is 384. The van der Waals surface area contributed by atoms with Crippen LogP contribution in [0.25, 0.3) is 0 Å². The number of amides is 1. The monoisotopic (exact) mass is 314 g/mol. The summed E-state index contributed by atoms with van der Waals surface area (Å²) in [5.74, 6) is 1.19. The molecule has 3 rings (SSSR count). The SMILES string of the molecule is CN1C2CC[C@@H]1C[C@H](C1CCC(Cl)CC1)C2C(=O)NCO. The summed E-state index contributed by atoms with van der Waals surface area (Å²) < 4.78 is 0. The van der Waals surface area contributed by atoms with Gasteiger partial charge in [0.15, 0.2) is 0 Å². The zero-order valence-electron chi connectivity index (χ0n) is 12.8. The van der Waals surface area contributed by atoms with Gasteiger partial charge >= 0.3 is 0 Å². The van der Waals surface area contributed by atoms with Gasteiger partial charge in [-0.05, 0) is 63.8 Å². The molecule has 4 nitrogen and oxygen atoms in total. The molecule has 2 N–H and O–H groups in total. The van der Waals surface area contributed by atoms with Crippen LogP contribution in [-0.2, 0) is 4.79 Å². The Hall–Kier alpha value is -0.320. The predicted molar refractivity (Wildman–Crippen MR) is 83.0 cm³/mol. The topological polar surface area (TPSA) is 52.6 Å². The van der Waals surface area contributed by atoms with Crippen molar-refractivity contribution in [2.45, 2.75) is 62.4 Å². The lowest BCUT2D eigenvalue weighted by Gasteiger charge is -2.46. The highest BCUT2D eigenvalue weighted by atomic mass is 35.5. The molecule has 0 radical (unpaired) electrons. The Labute approximate surface area is 132 Å². The number of alkyl halides is 1. The lowest BCUT2D eigenvalue weighted by molar-refractivity contribution is -0.134. The minimum Gasteiger partial charge on any atom is -0.377 e. The van der Waals surface area contributed by atoms with Gasteiger partial charge < -0.3 is 10.4 Å². The van der Waals surface area contributed by atoms with Gasteiger partial charge in [-0.15, -0.1) is 11.6 Å². The number of nitrogens with zero attached hydrogens (tertiary/aromatic N) is 1. The van der Waals surface area contributed by atoms with Crippen LogP contribution in [0.15, 0.2) is 0 Å². The fraction of sp³-hybridized carbons (Fsp3) is 0.938. The van der Waals surface area contributed by atoms with Gasteiger partial charge in [-0.3, -0.25) is 9.69 Å². The molecule has 0 spiro atoms. The van der Waals surface area contributed by atoms with E-state index in [-0.39, 0.29) is 18.6 Å².